The van der Waals surface area contributed by atoms with Gasteiger partial charge in [-0.25, -0.2) is 14.8 Å². The summed E-state index contributed by atoms with van der Waals surface area (Å²) in [7, 11) is 0. The third-order valence-corrected chi connectivity index (χ3v) is 5.53. The van der Waals surface area contributed by atoms with Crippen molar-refractivity contribution in [2.45, 2.75) is 45.7 Å². The summed E-state index contributed by atoms with van der Waals surface area (Å²) >= 11 is 0. The molecule has 0 saturated heterocycles. The summed E-state index contributed by atoms with van der Waals surface area (Å²) in [5.41, 5.74) is 3.83. The Morgan fingerprint density at radius 2 is 1.91 bits per heavy atom. The van der Waals surface area contributed by atoms with E-state index < -0.39 is 0 Å². The first-order valence-corrected chi connectivity index (χ1v) is 11.3. The number of hydrogen-bond acceptors (Lipinski definition) is 3. The van der Waals surface area contributed by atoms with Gasteiger partial charge >= 0.3 is 6.03 Å². The molecule has 2 aromatic heterocycles. The van der Waals surface area contributed by atoms with E-state index in [0.29, 0.717) is 18.9 Å². The predicted octanol–water partition coefficient (Wildman–Crippen LogP) is 5.72. The molecule has 2 aromatic carbocycles. The Balaban J connectivity index is 1.40. The summed E-state index contributed by atoms with van der Waals surface area (Å²) in [6.45, 7) is 6.99. The number of urea groups is 1. The van der Waals surface area contributed by atoms with Crippen molar-refractivity contribution in [3.05, 3.63) is 90.4 Å². The number of rotatable bonds is 8. The van der Waals surface area contributed by atoms with Gasteiger partial charge in [-0.1, -0.05) is 63.2 Å². The van der Waals surface area contributed by atoms with Crippen molar-refractivity contribution < 1.29 is 4.79 Å². The number of nitrogens with one attached hydrogen (secondary N) is 3. The topological polar surface area (TPSA) is 87.6 Å². The summed E-state index contributed by atoms with van der Waals surface area (Å²) in [5.74, 6) is 2.13. The van der Waals surface area contributed by atoms with Gasteiger partial charge in [0.05, 0.1) is 17.9 Å². The molecule has 33 heavy (non-hydrogen) atoms. The largest absolute Gasteiger partial charge is 0.340 e. The minimum Gasteiger partial charge on any atom is -0.340 e. The summed E-state index contributed by atoms with van der Waals surface area (Å²) < 4.78 is 2.14. The van der Waals surface area contributed by atoms with Gasteiger partial charge in [-0.05, 0) is 29.7 Å². The number of carbonyl (C=O) groups is 1. The van der Waals surface area contributed by atoms with E-state index in [1.54, 1.807) is 6.20 Å². The third-order valence-electron chi connectivity index (χ3n) is 5.53. The molecule has 0 unspecified atom stereocenters. The van der Waals surface area contributed by atoms with Crippen molar-refractivity contribution in [3.63, 3.8) is 0 Å². The predicted molar refractivity (Wildman–Crippen MR) is 131 cm³/mol. The quantitative estimate of drug-likeness (QED) is 0.326. The summed E-state index contributed by atoms with van der Waals surface area (Å²) in [6.07, 6.45) is 6.33. The Labute approximate surface area is 194 Å². The fourth-order valence-electron chi connectivity index (χ4n) is 3.87. The Kier molecular flexibility index (Phi) is 6.88. The maximum absolute atomic E-state index is 12.7. The van der Waals surface area contributed by atoms with Crippen molar-refractivity contribution >= 4 is 11.7 Å². The lowest BCUT2D eigenvalue weighted by Crippen LogP contribution is -2.32. The molecule has 0 aliphatic rings. The summed E-state index contributed by atoms with van der Waals surface area (Å²) in [6, 6.07) is 17.4. The molecule has 4 rings (SSSR count). The zero-order valence-corrected chi connectivity index (χ0v) is 19.2. The molecule has 170 valence electrons. The van der Waals surface area contributed by atoms with Gasteiger partial charge in [0.25, 0.3) is 0 Å². The van der Waals surface area contributed by atoms with Crippen LogP contribution in [-0.4, -0.2) is 25.6 Å². The molecule has 0 spiro atoms. The zero-order chi connectivity index (χ0) is 23.2. The fourth-order valence-corrected chi connectivity index (χ4v) is 3.87. The van der Waals surface area contributed by atoms with Crippen LogP contribution in [0.3, 0.4) is 0 Å². The van der Waals surface area contributed by atoms with E-state index in [2.05, 4.69) is 50.1 Å². The molecule has 7 heteroatoms. The number of H-pyrrole nitrogens is 1. The number of imidazole rings is 2. The van der Waals surface area contributed by atoms with Gasteiger partial charge < -0.3 is 20.2 Å². The van der Waals surface area contributed by atoms with Crippen LogP contribution in [0.2, 0.25) is 0 Å². The lowest BCUT2D eigenvalue weighted by atomic mass is 10.1. The summed E-state index contributed by atoms with van der Waals surface area (Å²) in [5, 5.41) is 5.98. The van der Waals surface area contributed by atoms with Crippen LogP contribution in [0.4, 0.5) is 10.5 Å². The number of anilines is 1. The molecule has 1 atom stereocenters. The van der Waals surface area contributed by atoms with Gasteiger partial charge in [0.2, 0.25) is 0 Å². The molecule has 0 aliphatic heterocycles. The van der Waals surface area contributed by atoms with Crippen LogP contribution in [-0.2, 0) is 6.54 Å². The standard InChI is InChI=1S/C26H30N6O/c1-4-22(24-28-16-23(30-24)20-10-6-5-7-11-20)31-26(33)29-21-12-8-9-19(15-21)17-32-14-13-27-25(32)18(2)3/h5-16,18,22H,4,17H2,1-3H3,(H,28,30)(H2,29,31,33)/t22-/m1/s1. The van der Waals surface area contributed by atoms with Gasteiger partial charge in [-0.15, -0.1) is 0 Å². The van der Waals surface area contributed by atoms with Crippen LogP contribution >= 0.6 is 0 Å². The Hall–Kier alpha value is -3.87. The monoisotopic (exact) mass is 442 g/mol. The highest BCUT2D eigenvalue weighted by Gasteiger charge is 2.17. The second-order valence-electron chi connectivity index (χ2n) is 8.38. The Morgan fingerprint density at radius 3 is 2.67 bits per heavy atom. The molecule has 4 aromatic rings. The fraction of sp³-hybridized carbons (Fsp3) is 0.269. The zero-order valence-electron chi connectivity index (χ0n) is 19.2. The first-order chi connectivity index (χ1) is 16.0. The minimum absolute atomic E-state index is 0.217. The molecule has 3 N–H and O–H groups in total. The van der Waals surface area contributed by atoms with Gasteiger partial charge in [0, 0.05) is 30.5 Å². The highest BCUT2D eigenvalue weighted by molar-refractivity contribution is 5.89. The van der Waals surface area contributed by atoms with Crippen LogP contribution in [0.5, 0.6) is 0 Å². The van der Waals surface area contributed by atoms with Crippen molar-refractivity contribution in [2.75, 3.05) is 5.32 Å². The van der Waals surface area contributed by atoms with Crippen LogP contribution in [0.15, 0.2) is 73.2 Å². The number of aromatic nitrogens is 4. The molecule has 2 amide bonds. The van der Waals surface area contributed by atoms with Gasteiger partial charge in [-0.2, -0.15) is 0 Å². The third kappa shape index (κ3) is 5.49. The van der Waals surface area contributed by atoms with Crippen molar-refractivity contribution in [2.24, 2.45) is 0 Å². The van der Waals surface area contributed by atoms with Crippen molar-refractivity contribution in [1.29, 1.82) is 0 Å². The van der Waals surface area contributed by atoms with E-state index in [1.807, 2.05) is 67.8 Å². The Bertz CT molecular complexity index is 1190. The molecular formula is C26H30N6O. The first-order valence-electron chi connectivity index (χ1n) is 11.3. The van der Waals surface area contributed by atoms with E-state index in [9.17, 15) is 4.79 Å². The van der Waals surface area contributed by atoms with Crippen LogP contribution in [0, 0.1) is 0 Å². The lowest BCUT2D eigenvalue weighted by Gasteiger charge is -2.16. The molecule has 0 fully saturated rings. The highest BCUT2D eigenvalue weighted by Crippen LogP contribution is 2.21. The Morgan fingerprint density at radius 1 is 1.09 bits per heavy atom. The minimum atomic E-state index is -0.262. The number of aromatic amines is 1. The van der Waals surface area contributed by atoms with Crippen LogP contribution in [0.25, 0.3) is 11.3 Å². The molecule has 0 bridgehead atoms. The van der Waals surface area contributed by atoms with Gasteiger partial charge in [0.1, 0.15) is 11.6 Å². The maximum Gasteiger partial charge on any atom is 0.319 e. The van der Waals surface area contributed by atoms with Gasteiger partial charge in [0.15, 0.2) is 0 Å². The molecule has 0 saturated carbocycles. The average molecular weight is 443 g/mol. The van der Waals surface area contributed by atoms with E-state index in [-0.39, 0.29) is 12.1 Å². The number of amides is 2. The first kappa shape index (κ1) is 22.3. The highest BCUT2D eigenvalue weighted by atomic mass is 16.2. The van der Waals surface area contributed by atoms with E-state index in [4.69, 9.17) is 0 Å². The molecule has 2 heterocycles. The number of benzene rings is 2. The number of carbonyl (C=O) groups excluding carboxylic acids is 1. The number of nitrogens with zero attached hydrogens (tertiary/aromatic N) is 3. The van der Waals surface area contributed by atoms with E-state index in [0.717, 1.165) is 34.2 Å². The van der Waals surface area contributed by atoms with E-state index in [1.165, 1.54) is 0 Å². The SMILES string of the molecule is CC[C@@H](NC(=O)Nc1cccc(Cn2ccnc2C(C)C)c1)c1ncc(-c2ccccc2)[nH]1. The normalized spacial score (nSPS) is 12.0. The van der Waals surface area contributed by atoms with E-state index >= 15 is 0 Å². The van der Waals surface area contributed by atoms with Crippen LogP contribution in [0.1, 0.15) is 56.4 Å². The number of hydrogen-bond donors (Lipinski definition) is 3. The summed E-state index contributed by atoms with van der Waals surface area (Å²) in [4.78, 5) is 25.0. The molecular weight excluding hydrogens is 412 g/mol. The molecule has 0 radical (unpaired) electrons. The smallest absolute Gasteiger partial charge is 0.319 e. The molecule has 7 nitrogen and oxygen atoms in total. The van der Waals surface area contributed by atoms with Gasteiger partial charge in [-0.3, -0.25) is 0 Å². The average Bonchev–Trinajstić information content (AvgIpc) is 3.48. The van der Waals surface area contributed by atoms with Crippen LogP contribution < -0.4 is 10.6 Å². The van der Waals surface area contributed by atoms with Crippen molar-refractivity contribution in [1.82, 2.24) is 24.8 Å². The van der Waals surface area contributed by atoms with Crippen molar-refractivity contribution in [3.8, 4) is 11.3 Å². The second-order valence-corrected chi connectivity index (χ2v) is 8.38. The molecule has 0 aliphatic carbocycles. The second kappa shape index (κ2) is 10.2. The lowest BCUT2D eigenvalue weighted by molar-refractivity contribution is 0.247. The maximum atomic E-state index is 12.7.